The lowest BCUT2D eigenvalue weighted by Crippen LogP contribution is -2.48. The van der Waals surface area contributed by atoms with Gasteiger partial charge in [0.05, 0.1) is 24.1 Å². The van der Waals surface area contributed by atoms with Crippen molar-refractivity contribution in [2.24, 2.45) is 5.92 Å². The highest BCUT2D eigenvalue weighted by Gasteiger charge is 2.20. The third kappa shape index (κ3) is 3.31. The van der Waals surface area contributed by atoms with Crippen molar-refractivity contribution in [2.75, 3.05) is 26.2 Å². The maximum absolute atomic E-state index is 12.3. The summed E-state index contributed by atoms with van der Waals surface area (Å²) in [5.41, 5.74) is 1.28. The van der Waals surface area contributed by atoms with Crippen LogP contribution in [0.3, 0.4) is 0 Å². The molecule has 0 aliphatic carbocycles. The molecule has 8 nitrogen and oxygen atoms in total. The predicted octanol–water partition coefficient (Wildman–Crippen LogP) is 0.319. The Morgan fingerprint density at radius 3 is 2.87 bits per heavy atom. The van der Waals surface area contributed by atoms with Crippen LogP contribution >= 0.6 is 0 Å². The minimum atomic E-state index is -0.112. The van der Waals surface area contributed by atoms with Gasteiger partial charge in [0.15, 0.2) is 5.82 Å². The molecule has 23 heavy (non-hydrogen) atoms. The van der Waals surface area contributed by atoms with Gasteiger partial charge >= 0.3 is 0 Å². The molecule has 1 aliphatic heterocycles. The van der Waals surface area contributed by atoms with Crippen molar-refractivity contribution < 1.29 is 9.53 Å². The molecular formula is C15H20N6O2. The first-order valence-corrected chi connectivity index (χ1v) is 7.69. The minimum Gasteiger partial charge on any atom is -0.477 e. The Kier molecular flexibility index (Phi) is 4.52. The molecule has 1 saturated heterocycles. The molecule has 2 aromatic heterocycles. The molecule has 1 aliphatic rings. The molecule has 0 atom stereocenters. The Hall–Kier alpha value is -2.48. The normalized spacial score (nSPS) is 14.3. The van der Waals surface area contributed by atoms with Gasteiger partial charge in [-0.15, -0.1) is 10.2 Å². The molecule has 2 N–H and O–H groups in total. The van der Waals surface area contributed by atoms with Crippen LogP contribution in [0.15, 0.2) is 18.3 Å². The van der Waals surface area contributed by atoms with Crippen molar-refractivity contribution >= 4 is 5.91 Å². The lowest BCUT2D eigenvalue weighted by Gasteiger charge is -2.27. The van der Waals surface area contributed by atoms with Gasteiger partial charge in [0, 0.05) is 31.6 Å². The second-order valence-electron chi connectivity index (χ2n) is 5.45. The van der Waals surface area contributed by atoms with E-state index in [1.807, 2.05) is 13.8 Å². The number of amides is 1. The van der Waals surface area contributed by atoms with E-state index in [0.717, 1.165) is 18.8 Å². The number of ether oxygens (including phenoxy) is 1. The Morgan fingerprint density at radius 1 is 1.43 bits per heavy atom. The van der Waals surface area contributed by atoms with Crippen LogP contribution < -0.4 is 15.4 Å². The Balaban J connectivity index is 1.71. The first-order valence-electron chi connectivity index (χ1n) is 7.69. The van der Waals surface area contributed by atoms with Crippen molar-refractivity contribution in [2.45, 2.75) is 13.8 Å². The molecule has 122 valence electrons. The fraction of sp³-hybridized carbons (Fsp3) is 0.467. The van der Waals surface area contributed by atoms with Gasteiger partial charge in [0.1, 0.15) is 0 Å². The standard InChI is InChI=1S/C15H20N6O2/c1-3-23-14-5-4-13(19-20-14)21-10(2)12(9-18-21)15(22)17-8-11-6-16-7-11/h4-5,9,11,16H,3,6-8H2,1-2H3,(H,17,22). The summed E-state index contributed by atoms with van der Waals surface area (Å²) in [6, 6.07) is 3.50. The lowest BCUT2D eigenvalue weighted by atomic mass is 10.0. The van der Waals surface area contributed by atoms with Crippen LogP contribution in [0.25, 0.3) is 5.82 Å². The molecule has 0 saturated carbocycles. The average molecular weight is 316 g/mol. The van der Waals surface area contributed by atoms with Gasteiger partial charge in [-0.05, 0) is 19.9 Å². The fourth-order valence-corrected chi connectivity index (χ4v) is 2.34. The minimum absolute atomic E-state index is 0.112. The zero-order valence-electron chi connectivity index (χ0n) is 13.2. The molecule has 0 aromatic carbocycles. The van der Waals surface area contributed by atoms with Crippen LogP contribution in [0.5, 0.6) is 5.88 Å². The Morgan fingerprint density at radius 2 is 2.26 bits per heavy atom. The molecule has 3 rings (SSSR count). The van der Waals surface area contributed by atoms with Gasteiger partial charge in [-0.3, -0.25) is 4.79 Å². The van der Waals surface area contributed by atoms with Crippen LogP contribution in [0.1, 0.15) is 23.0 Å². The summed E-state index contributed by atoms with van der Waals surface area (Å²) >= 11 is 0. The summed E-state index contributed by atoms with van der Waals surface area (Å²) in [5, 5.41) is 18.4. The number of carbonyl (C=O) groups excluding carboxylic acids is 1. The third-order valence-electron chi connectivity index (χ3n) is 3.81. The van der Waals surface area contributed by atoms with Gasteiger partial charge < -0.3 is 15.4 Å². The van der Waals surface area contributed by atoms with Gasteiger partial charge in [0.25, 0.3) is 5.91 Å². The monoisotopic (exact) mass is 316 g/mol. The van der Waals surface area contributed by atoms with Crippen molar-refractivity contribution in [3.8, 4) is 11.7 Å². The number of rotatable bonds is 6. The zero-order chi connectivity index (χ0) is 16.2. The third-order valence-corrected chi connectivity index (χ3v) is 3.81. The van der Waals surface area contributed by atoms with Crippen LogP contribution in [0.2, 0.25) is 0 Å². The van der Waals surface area contributed by atoms with E-state index in [4.69, 9.17) is 4.74 Å². The van der Waals surface area contributed by atoms with E-state index in [1.54, 1.807) is 23.0 Å². The zero-order valence-corrected chi connectivity index (χ0v) is 13.2. The summed E-state index contributed by atoms with van der Waals surface area (Å²) < 4.78 is 6.87. The van der Waals surface area contributed by atoms with Crippen LogP contribution in [-0.2, 0) is 0 Å². The van der Waals surface area contributed by atoms with Gasteiger partial charge in [-0.25, -0.2) is 4.68 Å². The number of nitrogens with one attached hydrogen (secondary N) is 2. The molecule has 2 aromatic rings. The summed E-state index contributed by atoms with van der Waals surface area (Å²) in [6.07, 6.45) is 1.56. The van der Waals surface area contributed by atoms with Gasteiger partial charge in [-0.2, -0.15) is 5.10 Å². The summed E-state index contributed by atoms with van der Waals surface area (Å²) in [5.74, 6) is 1.42. The SMILES string of the molecule is CCOc1ccc(-n2ncc(C(=O)NCC3CNC3)c2C)nn1. The van der Waals surface area contributed by atoms with Gasteiger partial charge in [-0.1, -0.05) is 0 Å². The molecule has 3 heterocycles. The van der Waals surface area contributed by atoms with Crippen LogP contribution in [0.4, 0.5) is 0 Å². The number of nitrogens with zero attached hydrogens (tertiary/aromatic N) is 4. The summed E-state index contributed by atoms with van der Waals surface area (Å²) in [6.45, 7) is 6.86. The Labute approximate surface area is 134 Å². The van der Waals surface area contributed by atoms with E-state index >= 15 is 0 Å². The van der Waals surface area contributed by atoms with E-state index < -0.39 is 0 Å². The highest BCUT2D eigenvalue weighted by molar-refractivity contribution is 5.95. The highest BCUT2D eigenvalue weighted by Crippen LogP contribution is 2.14. The molecule has 0 radical (unpaired) electrons. The summed E-state index contributed by atoms with van der Waals surface area (Å²) in [4.78, 5) is 12.3. The first-order chi connectivity index (χ1) is 11.2. The number of carbonyl (C=O) groups is 1. The fourth-order valence-electron chi connectivity index (χ4n) is 2.34. The van der Waals surface area contributed by atoms with Crippen molar-refractivity contribution in [1.82, 2.24) is 30.6 Å². The number of aromatic nitrogens is 4. The highest BCUT2D eigenvalue weighted by atomic mass is 16.5. The first kappa shape index (κ1) is 15.4. The smallest absolute Gasteiger partial charge is 0.254 e. The van der Waals surface area contributed by atoms with Crippen molar-refractivity contribution in [3.63, 3.8) is 0 Å². The molecule has 0 spiro atoms. The van der Waals surface area contributed by atoms with E-state index in [1.165, 1.54) is 0 Å². The van der Waals surface area contributed by atoms with Crippen LogP contribution in [0, 0.1) is 12.8 Å². The van der Waals surface area contributed by atoms with E-state index in [-0.39, 0.29) is 5.91 Å². The predicted molar refractivity (Wildman–Crippen MR) is 83.8 cm³/mol. The second kappa shape index (κ2) is 6.74. The maximum atomic E-state index is 12.3. The molecule has 0 unspecified atom stereocenters. The lowest BCUT2D eigenvalue weighted by molar-refractivity contribution is 0.0941. The second-order valence-corrected chi connectivity index (χ2v) is 5.45. The molecule has 1 amide bonds. The number of hydrogen-bond donors (Lipinski definition) is 2. The Bertz CT molecular complexity index is 678. The quantitative estimate of drug-likeness (QED) is 0.797. The number of hydrogen-bond acceptors (Lipinski definition) is 6. The van der Waals surface area contributed by atoms with E-state index in [0.29, 0.717) is 36.3 Å². The topological polar surface area (TPSA) is 94.0 Å². The van der Waals surface area contributed by atoms with E-state index in [2.05, 4.69) is 25.9 Å². The van der Waals surface area contributed by atoms with Gasteiger partial charge in [0.2, 0.25) is 5.88 Å². The molecule has 0 bridgehead atoms. The average Bonchev–Trinajstić information content (AvgIpc) is 2.88. The van der Waals surface area contributed by atoms with Crippen molar-refractivity contribution in [3.05, 3.63) is 29.6 Å². The maximum Gasteiger partial charge on any atom is 0.254 e. The summed E-state index contributed by atoms with van der Waals surface area (Å²) in [7, 11) is 0. The van der Waals surface area contributed by atoms with Crippen LogP contribution in [-0.4, -0.2) is 52.1 Å². The molecule has 1 fully saturated rings. The molecule has 8 heteroatoms. The largest absolute Gasteiger partial charge is 0.477 e. The van der Waals surface area contributed by atoms with E-state index in [9.17, 15) is 4.79 Å². The van der Waals surface area contributed by atoms with Crippen molar-refractivity contribution in [1.29, 1.82) is 0 Å². The molecular weight excluding hydrogens is 296 g/mol.